The Morgan fingerprint density at radius 3 is 2.45 bits per heavy atom. The fourth-order valence-electron chi connectivity index (χ4n) is 2.87. The topological polar surface area (TPSA) is 151 Å². The van der Waals surface area contributed by atoms with E-state index < -0.39 is 15.8 Å². The van der Waals surface area contributed by atoms with Crippen molar-refractivity contribution in [2.45, 2.75) is 27.4 Å². The van der Waals surface area contributed by atoms with Crippen molar-refractivity contribution in [3.63, 3.8) is 0 Å². The molecule has 0 saturated carbocycles. The molecule has 12 heteroatoms. The van der Waals surface area contributed by atoms with Gasteiger partial charge in [0.1, 0.15) is 23.7 Å². The largest absolute Gasteiger partial charge is 0.315 e. The van der Waals surface area contributed by atoms with Crippen molar-refractivity contribution < 1.29 is 14.6 Å². The van der Waals surface area contributed by atoms with Gasteiger partial charge < -0.3 is 5.32 Å². The van der Waals surface area contributed by atoms with Crippen molar-refractivity contribution in [3.05, 3.63) is 73.3 Å². The summed E-state index contributed by atoms with van der Waals surface area (Å²) < 4.78 is 2.80. The molecule has 2 aromatic heterocycles. The maximum absolute atomic E-state index is 12.4. The molecular weight excluding hydrogens is 382 g/mol. The third-order valence-corrected chi connectivity index (χ3v) is 4.28. The average molecular weight is 399 g/mol. The lowest BCUT2D eigenvalue weighted by Gasteiger charge is -2.06. The molecule has 0 aliphatic heterocycles. The second-order valence-corrected chi connectivity index (χ2v) is 6.39. The van der Waals surface area contributed by atoms with Crippen molar-refractivity contribution in [1.29, 1.82) is 0 Å². The number of anilines is 1. The van der Waals surface area contributed by atoms with Gasteiger partial charge in [0.25, 0.3) is 11.6 Å². The summed E-state index contributed by atoms with van der Waals surface area (Å²) in [6, 6.07) is 5.91. The standard InChI is InChI=1S/C17H17N7O5/c1-10-4-5-13(15(8-10)23(26)27)18-17(25)14-6-7-21(20-14)9-22-12(3)16(24(28)29)11(2)19-22/h4-8H,9H2,1-3H3,(H,18,25). The van der Waals surface area contributed by atoms with Crippen molar-refractivity contribution in [2.75, 3.05) is 5.32 Å². The summed E-state index contributed by atoms with van der Waals surface area (Å²) in [5.41, 5.74) is 1.16. The molecule has 0 unspecified atom stereocenters. The molecule has 150 valence electrons. The minimum absolute atomic E-state index is 0.0379. The lowest BCUT2D eigenvalue weighted by molar-refractivity contribution is -0.386. The van der Waals surface area contributed by atoms with Crippen LogP contribution in [0.2, 0.25) is 0 Å². The highest BCUT2D eigenvalue weighted by Gasteiger charge is 2.22. The monoisotopic (exact) mass is 399 g/mol. The van der Waals surface area contributed by atoms with Gasteiger partial charge in [0.15, 0.2) is 5.69 Å². The van der Waals surface area contributed by atoms with E-state index in [2.05, 4.69) is 15.5 Å². The number of hydrogen-bond donors (Lipinski definition) is 1. The van der Waals surface area contributed by atoms with Gasteiger partial charge in [-0.05, 0) is 38.5 Å². The second kappa shape index (κ2) is 7.50. The Morgan fingerprint density at radius 2 is 1.83 bits per heavy atom. The van der Waals surface area contributed by atoms with Crippen LogP contribution in [-0.4, -0.2) is 35.3 Å². The van der Waals surface area contributed by atoms with Crippen molar-refractivity contribution >= 4 is 23.0 Å². The zero-order chi connectivity index (χ0) is 21.3. The number of hydrogen-bond acceptors (Lipinski definition) is 7. The van der Waals surface area contributed by atoms with Crippen LogP contribution < -0.4 is 5.32 Å². The van der Waals surface area contributed by atoms with Gasteiger partial charge in [-0.1, -0.05) is 6.07 Å². The number of aryl methyl sites for hydroxylation is 2. The van der Waals surface area contributed by atoms with Crippen LogP contribution in [0.1, 0.15) is 27.4 Å². The van der Waals surface area contributed by atoms with Gasteiger partial charge in [-0.25, -0.2) is 4.68 Å². The fourth-order valence-corrected chi connectivity index (χ4v) is 2.87. The number of nitrogens with zero attached hydrogens (tertiary/aromatic N) is 6. The quantitative estimate of drug-likeness (QED) is 0.494. The Bertz CT molecular complexity index is 1130. The van der Waals surface area contributed by atoms with E-state index in [9.17, 15) is 25.0 Å². The summed E-state index contributed by atoms with van der Waals surface area (Å²) in [7, 11) is 0. The molecule has 0 atom stereocenters. The fraction of sp³-hybridized carbons (Fsp3) is 0.235. The highest BCUT2D eigenvalue weighted by Crippen LogP contribution is 2.26. The van der Waals surface area contributed by atoms with Crippen LogP contribution in [0, 0.1) is 41.0 Å². The Labute approximate surface area is 164 Å². The molecular formula is C17H17N7O5. The number of carbonyl (C=O) groups excluding carboxylic acids is 1. The molecule has 0 aliphatic carbocycles. The Morgan fingerprint density at radius 1 is 1.10 bits per heavy atom. The highest BCUT2D eigenvalue weighted by atomic mass is 16.6. The van der Waals surface area contributed by atoms with Crippen LogP contribution in [0.25, 0.3) is 0 Å². The predicted molar refractivity (Wildman–Crippen MR) is 102 cm³/mol. The third-order valence-electron chi connectivity index (χ3n) is 4.28. The molecule has 3 rings (SSSR count). The molecule has 0 spiro atoms. The van der Waals surface area contributed by atoms with Gasteiger partial charge in [0.05, 0.1) is 9.85 Å². The van der Waals surface area contributed by atoms with Gasteiger partial charge >= 0.3 is 5.69 Å². The summed E-state index contributed by atoms with van der Waals surface area (Å²) in [6.07, 6.45) is 1.51. The number of amides is 1. The van der Waals surface area contributed by atoms with E-state index in [1.807, 2.05) is 0 Å². The van der Waals surface area contributed by atoms with E-state index in [1.165, 1.54) is 40.7 Å². The Balaban J connectivity index is 1.79. The lowest BCUT2D eigenvalue weighted by atomic mass is 10.2. The number of nitro benzene ring substituents is 1. The van der Waals surface area contributed by atoms with Crippen LogP contribution in [-0.2, 0) is 6.67 Å². The first-order valence-corrected chi connectivity index (χ1v) is 8.45. The number of benzene rings is 1. The number of nitrogens with one attached hydrogen (secondary N) is 1. The Kier molecular flexibility index (Phi) is 5.08. The van der Waals surface area contributed by atoms with E-state index in [0.29, 0.717) is 11.3 Å². The van der Waals surface area contributed by atoms with Crippen LogP contribution in [0.3, 0.4) is 0 Å². The summed E-state index contributed by atoms with van der Waals surface area (Å²) >= 11 is 0. The minimum atomic E-state index is -0.616. The zero-order valence-corrected chi connectivity index (χ0v) is 15.8. The van der Waals surface area contributed by atoms with Crippen molar-refractivity contribution in [3.8, 4) is 0 Å². The first-order valence-electron chi connectivity index (χ1n) is 8.45. The second-order valence-electron chi connectivity index (χ2n) is 6.39. The van der Waals surface area contributed by atoms with Crippen LogP contribution in [0.15, 0.2) is 30.5 Å². The van der Waals surface area contributed by atoms with Crippen LogP contribution in [0.5, 0.6) is 0 Å². The predicted octanol–water partition coefficient (Wildman–Crippen LogP) is 2.58. The number of rotatable bonds is 6. The smallest absolute Gasteiger partial charge is 0.312 e. The molecule has 1 aromatic carbocycles. The van der Waals surface area contributed by atoms with Gasteiger partial charge in [0.2, 0.25) is 0 Å². The maximum Gasteiger partial charge on any atom is 0.312 e. The van der Waals surface area contributed by atoms with Gasteiger partial charge in [-0.15, -0.1) is 0 Å². The van der Waals surface area contributed by atoms with E-state index in [4.69, 9.17) is 0 Å². The molecule has 1 N–H and O–H groups in total. The normalized spacial score (nSPS) is 10.7. The van der Waals surface area contributed by atoms with E-state index in [1.54, 1.807) is 19.9 Å². The first-order chi connectivity index (χ1) is 13.7. The average Bonchev–Trinajstić information content (AvgIpc) is 3.21. The molecule has 0 bridgehead atoms. The van der Waals surface area contributed by atoms with Gasteiger partial charge in [0, 0.05) is 12.3 Å². The molecule has 3 aromatic rings. The van der Waals surface area contributed by atoms with Crippen LogP contribution >= 0.6 is 0 Å². The maximum atomic E-state index is 12.4. The molecule has 29 heavy (non-hydrogen) atoms. The van der Waals surface area contributed by atoms with E-state index >= 15 is 0 Å². The van der Waals surface area contributed by atoms with Crippen molar-refractivity contribution in [1.82, 2.24) is 19.6 Å². The summed E-state index contributed by atoms with van der Waals surface area (Å²) in [4.78, 5) is 33.7. The van der Waals surface area contributed by atoms with Crippen LogP contribution in [0.4, 0.5) is 17.1 Å². The molecule has 2 heterocycles. The highest BCUT2D eigenvalue weighted by molar-refractivity contribution is 6.04. The first kappa shape index (κ1) is 19.7. The third kappa shape index (κ3) is 3.95. The molecule has 0 aliphatic rings. The summed E-state index contributed by atoms with van der Waals surface area (Å²) in [5.74, 6) is -0.616. The summed E-state index contributed by atoms with van der Waals surface area (Å²) in [6.45, 7) is 4.89. The van der Waals surface area contributed by atoms with Gasteiger partial charge in [-0.2, -0.15) is 10.2 Å². The SMILES string of the molecule is Cc1ccc(NC(=O)c2ccn(Cn3nc(C)c([N+](=O)[O-])c3C)n2)c([N+](=O)[O-])c1. The Hall–Kier alpha value is -4.09. The number of carbonyl (C=O) groups is 1. The molecule has 1 amide bonds. The molecule has 0 fully saturated rings. The number of nitro groups is 2. The van der Waals surface area contributed by atoms with E-state index in [0.717, 1.165) is 0 Å². The minimum Gasteiger partial charge on any atom is -0.315 e. The molecule has 0 radical (unpaired) electrons. The molecule has 12 nitrogen and oxygen atoms in total. The van der Waals surface area contributed by atoms with Crippen molar-refractivity contribution in [2.24, 2.45) is 0 Å². The zero-order valence-electron chi connectivity index (χ0n) is 15.8. The molecule has 0 saturated heterocycles. The summed E-state index contributed by atoms with van der Waals surface area (Å²) in [5, 5.41) is 33.0. The van der Waals surface area contributed by atoms with E-state index in [-0.39, 0.29) is 35.1 Å². The van der Waals surface area contributed by atoms with Gasteiger partial charge in [-0.3, -0.25) is 29.7 Å². The lowest BCUT2D eigenvalue weighted by Crippen LogP contribution is -2.16. The number of aromatic nitrogens is 4.